The molecule has 1 fully saturated rings. The number of rotatable bonds is 7. The molecule has 2 N–H and O–H groups in total. The second-order valence-electron chi connectivity index (χ2n) is 8.77. The van der Waals surface area contributed by atoms with Crippen molar-refractivity contribution < 1.29 is 13.2 Å². The smallest absolute Gasteiger partial charge is 0.261 e. The van der Waals surface area contributed by atoms with E-state index in [1.807, 2.05) is 24.3 Å². The number of halogens is 1. The highest BCUT2D eigenvalue weighted by Gasteiger charge is 2.17. The van der Waals surface area contributed by atoms with E-state index >= 15 is 0 Å². The van der Waals surface area contributed by atoms with Crippen LogP contribution in [0.5, 0.6) is 0 Å². The zero-order valence-electron chi connectivity index (χ0n) is 19.0. The van der Waals surface area contributed by atoms with E-state index in [0.29, 0.717) is 22.0 Å². The van der Waals surface area contributed by atoms with Crippen molar-refractivity contribution >= 4 is 38.9 Å². The molecule has 34 heavy (non-hydrogen) atoms. The van der Waals surface area contributed by atoms with Gasteiger partial charge in [0, 0.05) is 29.4 Å². The molecule has 0 aromatic heterocycles. The summed E-state index contributed by atoms with van der Waals surface area (Å²) >= 11 is 5.92. The van der Waals surface area contributed by atoms with Gasteiger partial charge < -0.3 is 5.32 Å². The third-order valence-corrected chi connectivity index (χ3v) is 7.50. The molecule has 4 rings (SSSR count). The number of amides is 1. The van der Waals surface area contributed by atoms with Crippen LogP contribution in [0, 0.1) is 5.92 Å². The first-order chi connectivity index (χ1) is 16.3. The Balaban J connectivity index is 1.36. The van der Waals surface area contributed by atoms with E-state index in [2.05, 4.69) is 21.9 Å². The Kier molecular flexibility index (Phi) is 7.56. The Morgan fingerprint density at radius 3 is 2.44 bits per heavy atom. The average molecular weight is 498 g/mol. The minimum Gasteiger partial charge on any atom is -0.322 e. The summed E-state index contributed by atoms with van der Waals surface area (Å²) in [6, 6.07) is 20.2. The minimum atomic E-state index is -3.77. The molecule has 178 valence electrons. The third-order valence-electron chi connectivity index (χ3n) is 5.86. The quantitative estimate of drug-likeness (QED) is 0.443. The molecule has 1 heterocycles. The number of likely N-dealkylation sites (tertiary alicyclic amines) is 1. The van der Waals surface area contributed by atoms with Crippen LogP contribution in [0.15, 0.2) is 77.7 Å². The molecule has 6 nitrogen and oxygen atoms in total. The fourth-order valence-electron chi connectivity index (χ4n) is 4.14. The topological polar surface area (TPSA) is 78.5 Å². The van der Waals surface area contributed by atoms with Gasteiger partial charge in [0.25, 0.3) is 15.9 Å². The van der Waals surface area contributed by atoms with Gasteiger partial charge in [0.1, 0.15) is 0 Å². The molecule has 1 aliphatic rings. The van der Waals surface area contributed by atoms with E-state index < -0.39 is 10.0 Å². The van der Waals surface area contributed by atoms with E-state index in [4.69, 9.17) is 11.6 Å². The number of hydrogen-bond acceptors (Lipinski definition) is 4. The van der Waals surface area contributed by atoms with Gasteiger partial charge in [0.15, 0.2) is 0 Å². The molecule has 3 aromatic rings. The second-order valence-corrected chi connectivity index (χ2v) is 10.9. The average Bonchev–Trinajstić information content (AvgIpc) is 2.80. The van der Waals surface area contributed by atoms with Crippen LogP contribution in [0.3, 0.4) is 0 Å². The molecule has 0 bridgehead atoms. The van der Waals surface area contributed by atoms with E-state index in [-0.39, 0.29) is 10.8 Å². The van der Waals surface area contributed by atoms with Gasteiger partial charge in [0.2, 0.25) is 0 Å². The number of nitrogens with zero attached hydrogens (tertiary/aromatic N) is 1. The highest BCUT2D eigenvalue weighted by atomic mass is 35.5. The molecule has 0 unspecified atom stereocenters. The van der Waals surface area contributed by atoms with Crippen LogP contribution < -0.4 is 10.0 Å². The van der Waals surface area contributed by atoms with Crippen LogP contribution in [-0.2, 0) is 16.6 Å². The summed E-state index contributed by atoms with van der Waals surface area (Å²) in [5.41, 5.74) is 2.63. The zero-order chi connectivity index (χ0) is 24.1. The van der Waals surface area contributed by atoms with E-state index in [1.54, 1.807) is 30.3 Å². The van der Waals surface area contributed by atoms with Crippen LogP contribution in [0.25, 0.3) is 0 Å². The Morgan fingerprint density at radius 2 is 1.76 bits per heavy atom. The first-order valence-corrected chi connectivity index (χ1v) is 13.2. The monoisotopic (exact) mass is 497 g/mol. The van der Waals surface area contributed by atoms with Crippen molar-refractivity contribution in [1.29, 1.82) is 0 Å². The molecule has 8 heteroatoms. The minimum absolute atomic E-state index is 0.0851. The molecule has 0 saturated carbocycles. The van der Waals surface area contributed by atoms with E-state index in [0.717, 1.165) is 25.6 Å². The van der Waals surface area contributed by atoms with Crippen molar-refractivity contribution in [1.82, 2.24) is 4.90 Å². The molecule has 0 aliphatic carbocycles. The second kappa shape index (κ2) is 10.6. The highest BCUT2D eigenvalue weighted by molar-refractivity contribution is 7.92. The number of benzene rings is 3. The van der Waals surface area contributed by atoms with Crippen molar-refractivity contribution in [2.24, 2.45) is 5.92 Å². The zero-order valence-corrected chi connectivity index (χ0v) is 20.6. The lowest BCUT2D eigenvalue weighted by Crippen LogP contribution is -2.33. The number of sulfonamides is 1. The van der Waals surface area contributed by atoms with E-state index in [9.17, 15) is 13.2 Å². The third kappa shape index (κ3) is 6.38. The summed E-state index contributed by atoms with van der Waals surface area (Å²) in [5, 5.41) is 3.26. The van der Waals surface area contributed by atoms with Gasteiger partial charge in [-0.1, -0.05) is 36.7 Å². The van der Waals surface area contributed by atoms with Crippen LogP contribution in [0.1, 0.15) is 35.7 Å². The molecular formula is C26H28ClN3O3S. The normalized spacial score (nSPS) is 16.7. The summed E-state index contributed by atoms with van der Waals surface area (Å²) in [4.78, 5) is 15.2. The first-order valence-electron chi connectivity index (χ1n) is 11.3. The molecule has 0 spiro atoms. The van der Waals surface area contributed by atoms with Gasteiger partial charge in [-0.25, -0.2) is 8.42 Å². The molecule has 1 atom stereocenters. The van der Waals surface area contributed by atoms with Gasteiger partial charge in [-0.3, -0.25) is 14.4 Å². The van der Waals surface area contributed by atoms with Crippen molar-refractivity contribution in [3.63, 3.8) is 0 Å². The lowest BCUT2D eigenvalue weighted by atomic mass is 9.99. The van der Waals surface area contributed by atoms with Gasteiger partial charge >= 0.3 is 0 Å². The molecule has 1 amide bonds. The standard InChI is InChI=1S/C26H28ClN3O3S/c1-19-4-3-15-30(17-19)18-20-7-9-21(10-8-20)26(31)28-23-11-13-25(14-12-23)34(32,33)29-24-6-2-5-22(27)16-24/h2,5-14,16,19,29H,3-4,15,17-18H2,1H3,(H,28,31)/t19-/m0/s1. The fourth-order valence-corrected chi connectivity index (χ4v) is 5.38. The predicted octanol–water partition coefficient (Wildman–Crippen LogP) is 5.63. The molecule has 3 aromatic carbocycles. The number of piperidine rings is 1. The lowest BCUT2D eigenvalue weighted by molar-refractivity contribution is 0.102. The number of carbonyl (C=O) groups excluding carboxylic acids is 1. The molecule has 0 radical (unpaired) electrons. The Hall–Kier alpha value is -2.87. The van der Waals surface area contributed by atoms with Gasteiger partial charge in [-0.2, -0.15) is 0 Å². The Morgan fingerprint density at radius 1 is 1.03 bits per heavy atom. The molecular weight excluding hydrogens is 470 g/mol. The van der Waals surface area contributed by atoms with Gasteiger partial charge in [-0.05, 0) is 85.5 Å². The van der Waals surface area contributed by atoms with Crippen LogP contribution >= 0.6 is 11.6 Å². The maximum absolute atomic E-state index is 12.6. The maximum atomic E-state index is 12.6. The summed E-state index contributed by atoms with van der Waals surface area (Å²) in [6.07, 6.45) is 2.53. The molecule has 1 saturated heterocycles. The van der Waals surface area contributed by atoms with E-state index in [1.165, 1.54) is 36.6 Å². The maximum Gasteiger partial charge on any atom is 0.261 e. The van der Waals surface area contributed by atoms with Crippen molar-refractivity contribution in [2.45, 2.75) is 31.2 Å². The predicted molar refractivity (Wildman–Crippen MR) is 137 cm³/mol. The van der Waals surface area contributed by atoms with Crippen molar-refractivity contribution in [3.8, 4) is 0 Å². The largest absolute Gasteiger partial charge is 0.322 e. The number of anilines is 2. The first kappa shape index (κ1) is 24.3. The highest BCUT2D eigenvalue weighted by Crippen LogP contribution is 2.22. The van der Waals surface area contributed by atoms with Gasteiger partial charge in [0.05, 0.1) is 10.6 Å². The van der Waals surface area contributed by atoms with Crippen molar-refractivity contribution in [2.75, 3.05) is 23.1 Å². The Labute approximate surface area is 206 Å². The van der Waals surface area contributed by atoms with Crippen molar-refractivity contribution in [3.05, 3.63) is 88.9 Å². The number of nitrogens with one attached hydrogen (secondary N) is 2. The lowest BCUT2D eigenvalue weighted by Gasteiger charge is -2.30. The van der Waals surface area contributed by atoms with Crippen LogP contribution in [0.4, 0.5) is 11.4 Å². The summed E-state index contributed by atoms with van der Waals surface area (Å²) in [7, 11) is -3.77. The fraction of sp³-hybridized carbons (Fsp3) is 0.269. The summed E-state index contributed by atoms with van der Waals surface area (Å²) in [5.74, 6) is 0.485. The van der Waals surface area contributed by atoms with Gasteiger partial charge in [-0.15, -0.1) is 0 Å². The van der Waals surface area contributed by atoms with Crippen LogP contribution in [-0.4, -0.2) is 32.3 Å². The molecule has 1 aliphatic heterocycles. The Bertz CT molecular complexity index is 1250. The summed E-state index contributed by atoms with van der Waals surface area (Å²) < 4.78 is 27.7. The number of hydrogen-bond donors (Lipinski definition) is 2. The SMILES string of the molecule is C[C@H]1CCCN(Cc2ccc(C(=O)Nc3ccc(S(=O)(=O)Nc4cccc(Cl)c4)cc3)cc2)C1. The summed E-state index contributed by atoms with van der Waals surface area (Å²) in [6.45, 7) is 5.41. The van der Waals surface area contributed by atoms with Crippen LogP contribution in [0.2, 0.25) is 5.02 Å². The number of carbonyl (C=O) groups is 1.